The van der Waals surface area contributed by atoms with Crippen molar-refractivity contribution in [3.05, 3.63) is 119 Å². The largest absolute Gasteiger partial charge is 0.488 e. The van der Waals surface area contributed by atoms with Crippen molar-refractivity contribution in [3.63, 3.8) is 0 Å². The third-order valence-corrected chi connectivity index (χ3v) is 5.39. The minimum atomic E-state index is -1.15. The number of nitrogens with one attached hydrogen (secondary N) is 2. The molecule has 0 aromatic heterocycles. The highest BCUT2D eigenvalue weighted by molar-refractivity contribution is 6.11. The first kappa shape index (κ1) is 23.3. The lowest BCUT2D eigenvalue weighted by Crippen LogP contribution is -2.15. The van der Waals surface area contributed by atoms with Crippen molar-refractivity contribution in [1.29, 1.82) is 5.41 Å². The van der Waals surface area contributed by atoms with Gasteiger partial charge in [0.2, 0.25) is 0 Å². The monoisotopic (exact) mass is 465 g/mol. The molecule has 0 spiro atoms. The molecule has 0 radical (unpaired) electrons. The lowest BCUT2D eigenvalue weighted by atomic mass is 9.94. The molecule has 4 aromatic rings. The van der Waals surface area contributed by atoms with Gasteiger partial charge in [-0.25, -0.2) is 4.79 Å². The number of amides is 1. The Bertz CT molecular complexity index is 1380. The maximum absolute atomic E-state index is 13.1. The van der Waals surface area contributed by atoms with E-state index in [4.69, 9.17) is 15.9 Å². The Labute approximate surface area is 202 Å². The van der Waals surface area contributed by atoms with Gasteiger partial charge in [0.1, 0.15) is 23.8 Å². The number of hydrogen-bond donors (Lipinski definition) is 4. The molecule has 0 aliphatic rings. The van der Waals surface area contributed by atoms with E-state index in [-0.39, 0.29) is 23.8 Å². The molecule has 0 aliphatic carbocycles. The molecule has 35 heavy (non-hydrogen) atoms. The van der Waals surface area contributed by atoms with Crippen molar-refractivity contribution in [2.75, 3.05) is 5.32 Å². The van der Waals surface area contributed by atoms with Crippen LogP contribution in [0.25, 0.3) is 11.1 Å². The maximum Gasteiger partial charge on any atom is 0.340 e. The van der Waals surface area contributed by atoms with Crippen LogP contribution in [0, 0.1) is 5.41 Å². The smallest absolute Gasteiger partial charge is 0.340 e. The van der Waals surface area contributed by atoms with Crippen LogP contribution in [0.2, 0.25) is 0 Å². The van der Waals surface area contributed by atoms with E-state index in [0.717, 1.165) is 5.56 Å². The topological polar surface area (TPSA) is 126 Å². The fourth-order valence-corrected chi connectivity index (χ4v) is 3.68. The number of rotatable bonds is 8. The molecular weight excluding hydrogens is 442 g/mol. The molecule has 0 saturated carbocycles. The molecule has 4 rings (SSSR count). The average Bonchev–Trinajstić information content (AvgIpc) is 2.88. The number of hydrogen-bond acceptors (Lipinski definition) is 4. The third kappa shape index (κ3) is 5.36. The Hall–Kier alpha value is -4.91. The molecule has 0 fully saturated rings. The number of carboxylic acid groups (broad SMARTS) is 1. The van der Waals surface area contributed by atoms with Crippen LogP contribution in [0.5, 0.6) is 5.75 Å². The van der Waals surface area contributed by atoms with E-state index < -0.39 is 11.9 Å². The summed E-state index contributed by atoms with van der Waals surface area (Å²) in [5.74, 6) is -1.40. The molecule has 0 heterocycles. The zero-order valence-electron chi connectivity index (χ0n) is 18.7. The summed E-state index contributed by atoms with van der Waals surface area (Å²) < 4.78 is 5.86. The van der Waals surface area contributed by atoms with Crippen LogP contribution in [-0.4, -0.2) is 22.8 Å². The number of ether oxygens (including phenoxy) is 1. The second-order valence-electron chi connectivity index (χ2n) is 7.75. The molecule has 174 valence electrons. The second kappa shape index (κ2) is 10.4. The average molecular weight is 466 g/mol. The van der Waals surface area contributed by atoms with E-state index in [9.17, 15) is 14.7 Å². The number of benzene rings is 4. The van der Waals surface area contributed by atoms with Crippen LogP contribution < -0.4 is 15.8 Å². The summed E-state index contributed by atoms with van der Waals surface area (Å²) in [4.78, 5) is 25.4. The SMILES string of the molecule is N=C(N)c1ccc(NC(=O)c2ccccc2-c2cccc(OCc3ccccc3)c2C(=O)O)cc1. The molecule has 1 amide bonds. The summed E-state index contributed by atoms with van der Waals surface area (Å²) in [5, 5.41) is 20.3. The number of nitrogens with two attached hydrogens (primary N) is 1. The van der Waals surface area contributed by atoms with Gasteiger partial charge in [-0.3, -0.25) is 10.2 Å². The van der Waals surface area contributed by atoms with Crippen molar-refractivity contribution in [2.45, 2.75) is 6.61 Å². The highest BCUT2D eigenvalue weighted by Crippen LogP contribution is 2.34. The molecular formula is C28H23N3O4. The van der Waals surface area contributed by atoms with Gasteiger partial charge in [0.15, 0.2) is 0 Å². The molecule has 0 atom stereocenters. The lowest BCUT2D eigenvalue weighted by molar-refractivity contribution is 0.0692. The van der Waals surface area contributed by atoms with Crippen molar-refractivity contribution >= 4 is 23.4 Å². The number of carbonyl (C=O) groups is 2. The molecule has 7 heteroatoms. The van der Waals surface area contributed by atoms with Gasteiger partial charge >= 0.3 is 5.97 Å². The zero-order valence-corrected chi connectivity index (χ0v) is 18.7. The minimum absolute atomic E-state index is 0.0190. The second-order valence-corrected chi connectivity index (χ2v) is 7.75. The summed E-state index contributed by atoms with van der Waals surface area (Å²) in [6.45, 7) is 0.211. The Morgan fingerprint density at radius 3 is 2.17 bits per heavy atom. The Kier molecular flexibility index (Phi) is 6.88. The normalized spacial score (nSPS) is 10.4. The first-order valence-electron chi connectivity index (χ1n) is 10.8. The van der Waals surface area contributed by atoms with Gasteiger partial charge in [0.05, 0.1) is 0 Å². The maximum atomic E-state index is 13.1. The van der Waals surface area contributed by atoms with Crippen molar-refractivity contribution < 1.29 is 19.4 Å². The van der Waals surface area contributed by atoms with Gasteiger partial charge in [0.25, 0.3) is 5.91 Å². The van der Waals surface area contributed by atoms with E-state index >= 15 is 0 Å². The van der Waals surface area contributed by atoms with Gasteiger partial charge in [0, 0.05) is 22.4 Å². The van der Waals surface area contributed by atoms with Crippen LogP contribution >= 0.6 is 0 Å². The van der Waals surface area contributed by atoms with Crippen LogP contribution in [-0.2, 0) is 6.61 Å². The highest BCUT2D eigenvalue weighted by Gasteiger charge is 2.22. The van der Waals surface area contributed by atoms with Crippen LogP contribution in [0.15, 0.2) is 97.1 Å². The van der Waals surface area contributed by atoms with Gasteiger partial charge in [-0.1, -0.05) is 60.7 Å². The molecule has 5 N–H and O–H groups in total. The predicted octanol–water partition coefficient (Wildman–Crippen LogP) is 5.17. The van der Waals surface area contributed by atoms with Crippen molar-refractivity contribution in [3.8, 4) is 16.9 Å². The van der Waals surface area contributed by atoms with Crippen molar-refractivity contribution in [2.24, 2.45) is 5.73 Å². The molecule has 4 aromatic carbocycles. The quantitative estimate of drug-likeness (QED) is 0.211. The summed E-state index contributed by atoms with van der Waals surface area (Å²) in [5.41, 5.74) is 8.59. The number of carbonyl (C=O) groups excluding carboxylic acids is 1. The Balaban J connectivity index is 1.67. The summed E-state index contributed by atoms with van der Waals surface area (Å²) in [7, 11) is 0. The fourth-order valence-electron chi connectivity index (χ4n) is 3.68. The summed E-state index contributed by atoms with van der Waals surface area (Å²) >= 11 is 0. The first-order valence-corrected chi connectivity index (χ1v) is 10.8. The number of aromatic carboxylic acids is 1. The van der Waals surface area contributed by atoms with Gasteiger partial charge in [-0.2, -0.15) is 0 Å². The van der Waals surface area contributed by atoms with E-state index in [2.05, 4.69) is 5.32 Å². The van der Waals surface area contributed by atoms with Crippen LogP contribution in [0.1, 0.15) is 31.8 Å². The van der Waals surface area contributed by atoms with Crippen molar-refractivity contribution in [1.82, 2.24) is 0 Å². The predicted molar refractivity (Wildman–Crippen MR) is 135 cm³/mol. The standard InChI is InChI=1S/C28H23N3O4/c29-26(30)19-13-15-20(16-14-19)31-27(32)23-10-5-4-9-21(23)22-11-6-12-24(25(22)28(33)34)35-17-18-7-2-1-3-8-18/h1-16H,17H2,(H3,29,30)(H,31,32)(H,33,34). The third-order valence-electron chi connectivity index (χ3n) is 5.39. The zero-order chi connectivity index (χ0) is 24.8. The van der Waals surface area contributed by atoms with E-state index in [1.54, 1.807) is 66.7 Å². The molecule has 0 bridgehead atoms. The molecule has 0 unspecified atom stereocenters. The first-order chi connectivity index (χ1) is 16.9. The number of amidine groups is 1. The highest BCUT2D eigenvalue weighted by atomic mass is 16.5. The van der Waals surface area contributed by atoms with E-state index in [1.165, 1.54) is 0 Å². The van der Waals surface area contributed by atoms with Crippen LogP contribution in [0.4, 0.5) is 5.69 Å². The number of carboxylic acids is 1. The van der Waals surface area contributed by atoms with E-state index in [0.29, 0.717) is 27.9 Å². The fraction of sp³-hybridized carbons (Fsp3) is 0.0357. The number of nitrogen functional groups attached to an aromatic ring is 1. The van der Waals surface area contributed by atoms with Gasteiger partial charge in [-0.15, -0.1) is 0 Å². The minimum Gasteiger partial charge on any atom is -0.488 e. The lowest BCUT2D eigenvalue weighted by Gasteiger charge is -2.16. The number of anilines is 1. The molecule has 0 saturated heterocycles. The van der Waals surface area contributed by atoms with Gasteiger partial charge < -0.3 is 20.9 Å². The molecule has 7 nitrogen and oxygen atoms in total. The Morgan fingerprint density at radius 1 is 0.829 bits per heavy atom. The van der Waals surface area contributed by atoms with Crippen LogP contribution in [0.3, 0.4) is 0 Å². The van der Waals surface area contributed by atoms with E-state index in [1.807, 2.05) is 30.3 Å². The summed E-state index contributed by atoms with van der Waals surface area (Å²) in [6.07, 6.45) is 0. The molecule has 0 aliphatic heterocycles. The van der Waals surface area contributed by atoms with Gasteiger partial charge in [-0.05, 0) is 47.5 Å². The summed E-state index contributed by atoms with van der Waals surface area (Å²) in [6, 6.07) is 27.8. The Morgan fingerprint density at radius 2 is 1.49 bits per heavy atom.